The number of anilines is 1. The Morgan fingerprint density at radius 2 is 1.56 bits per heavy atom. The molecule has 0 aliphatic rings. The van der Waals surface area contributed by atoms with E-state index in [1.165, 1.54) is 14.0 Å². The van der Waals surface area contributed by atoms with Gasteiger partial charge in [0, 0.05) is 5.56 Å². The number of hydrogen-bond acceptors (Lipinski definition) is 6. The molecule has 1 aromatic carbocycles. The van der Waals surface area contributed by atoms with Gasteiger partial charge in [0.2, 0.25) is 0 Å². The van der Waals surface area contributed by atoms with Crippen LogP contribution in [0.15, 0.2) is 24.3 Å². The van der Waals surface area contributed by atoms with Crippen molar-refractivity contribution >= 4 is 34.2 Å². The van der Waals surface area contributed by atoms with Crippen molar-refractivity contribution in [1.82, 2.24) is 0 Å². The third-order valence-corrected chi connectivity index (χ3v) is 4.80. The Kier molecular flexibility index (Phi) is 5.89. The number of amides is 1. The Labute approximate surface area is 155 Å². The lowest BCUT2D eigenvalue weighted by atomic mass is 10.1. The molecule has 27 heavy (non-hydrogen) atoms. The van der Waals surface area contributed by atoms with Crippen LogP contribution in [0.2, 0.25) is 0 Å². The molecule has 1 heterocycles. The minimum absolute atomic E-state index is 0.0249. The summed E-state index contributed by atoms with van der Waals surface area (Å²) in [6.45, 7) is 1.49. The highest BCUT2D eigenvalue weighted by Gasteiger charge is 2.30. The molecule has 10 heteroatoms. The third-order valence-electron chi connectivity index (χ3n) is 3.61. The Hall–Kier alpha value is -2.88. The van der Waals surface area contributed by atoms with Gasteiger partial charge in [-0.25, -0.2) is 9.59 Å². The van der Waals surface area contributed by atoms with E-state index < -0.39 is 29.6 Å². The molecule has 0 unspecified atom stereocenters. The van der Waals surface area contributed by atoms with Gasteiger partial charge in [-0.3, -0.25) is 4.79 Å². The lowest BCUT2D eigenvalue weighted by molar-refractivity contribution is -0.137. The molecule has 0 aliphatic heterocycles. The monoisotopic (exact) mass is 401 g/mol. The van der Waals surface area contributed by atoms with Crippen LogP contribution < -0.4 is 5.32 Å². The first-order valence-electron chi connectivity index (χ1n) is 7.38. The van der Waals surface area contributed by atoms with Crippen molar-refractivity contribution in [2.75, 3.05) is 19.5 Å². The molecular weight excluding hydrogens is 387 g/mol. The number of carbonyl (C=O) groups is 3. The van der Waals surface area contributed by atoms with Gasteiger partial charge in [-0.1, -0.05) is 0 Å². The van der Waals surface area contributed by atoms with Gasteiger partial charge in [0.25, 0.3) is 5.91 Å². The molecule has 0 atom stereocenters. The number of benzene rings is 1. The minimum atomic E-state index is -4.52. The number of carbonyl (C=O) groups excluding carboxylic acids is 3. The molecular formula is C17H14F3NO5S. The van der Waals surface area contributed by atoms with Crippen LogP contribution in [0.1, 0.15) is 41.5 Å². The molecule has 1 amide bonds. The molecule has 144 valence electrons. The van der Waals surface area contributed by atoms with Crippen molar-refractivity contribution in [3.63, 3.8) is 0 Å². The molecule has 0 saturated carbocycles. The number of nitrogens with one attached hydrogen (secondary N) is 1. The lowest BCUT2D eigenvalue weighted by Gasteiger charge is -2.08. The number of esters is 2. The first kappa shape index (κ1) is 20.4. The van der Waals surface area contributed by atoms with E-state index in [2.05, 4.69) is 14.8 Å². The van der Waals surface area contributed by atoms with Crippen LogP contribution in [-0.2, 0) is 15.7 Å². The average Bonchev–Trinajstić information content (AvgIpc) is 2.95. The number of rotatable bonds is 4. The Bertz CT molecular complexity index is 887. The van der Waals surface area contributed by atoms with E-state index in [1.807, 2.05) is 0 Å². The van der Waals surface area contributed by atoms with Crippen molar-refractivity contribution in [3.8, 4) is 0 Å². The molecule has 0 bridgehead atoms. The Morgan fingerprint density at radius 3 is 2.04 bits per heavy atom. The van der Waals surface area contributed by atoms with E-state index in [9.17, 15) is 27.6 Å². The summed E-state index contributed by atoms with van der Waals surface area (Å²) >= 11 is 0.806. The Balaban J connectivity index is 2.37. The fraction of sp³-hybridized carbons (Fsp3) is 0.235. The smallest absolute Gasteiger partial charge is 0.416 e. The standard InChI is InChI=1S/C17H14F3NO5S/c1-8-11(15(23)25-2)14(27-12(8)16(24)26-3)21-13(22)9-4-6-10(7-5-9)17(18,19)20/h4-7H,1-3H3,(H,21,22). The number of halogens is 3. The average molecular weight is 401 g/mol. The first-order chi connectivity index (χ1) is 12.6. The predicted octanol–water partition coefficient (Wildman–Crippen LogP) is 3.90. The van der Waals surface area contributed by atoms with Crippen LogP contribution >= 0.6 is 11.3 Å². The maximum Gasteiger partial charge on any atom is 0.416 e. The highest BCUT2D eigenvalue weighted by molar-refractivity contribution is 7.18. The summed E-state index contributed by atoms with van der Waals surface area (Å²) in [6.07, 6.45) is -4.52. The quantitative estimate of drug-likeness (QED) is 0.786. The van der Waals surface area contributed by atoms with Gasteiger partial charge >= 0.3 is 18.1 Å². The number of thiophene rings is 1. The zero-order valence-corrected chi connectivity index (χ0v) is 15.2. The SMILES string of the molecule is COC(=O)c1sc(NC(=O)c2ccc(C(F)(F)F)cc2)c(C(=O)OC)c1C. The van der Waals surface area contributed by atoms with Crippen molar-refractivity contribution in [2.45, 2.75) is 13.1 Å². The van der Waals surface area contributed by atoms with Gasteiger partial charge < -0.3 is 14.8 Å². The highest BCUT2D eigenvalue weighted by atomic mass is 32.1. The molecule has 0 saturated heterocycles. The number of alkyl halides is 3. The van der Waals surface area contributed by atoms with Crippen LogP contribution in [0.25, 0.3) is 0 Å². The van der Waals surface area contributed by atoms with Crippen LogP contribution in [0, 0.1) is 6.92 Å². The van der Waals surface area contributed by atoms with Gasteiger partial charge in [-0.15, -0.1) is 11.3 Å². The molecule has 1 aromatic heterocycles. The molecule has 6 nitrogen and oxygen atoms in total. The lowest BCUT2D eigenvalue weighted by Crippen LogP contribution is -2.15. The van der Waals surface area contributed by atoms with E-state index in [0.29, 0.717) is 0 Å². The van der Waals surface area contributed by atoms with Gasteiger partial charge in [0.1, 0.15) is 9.88 Å². The van der Waals surface area contributed by atoms with Crippen LogP contribution in [-0.4, -0.2) is 32.1 Å². The summed E-state index contributed by atoms with van der Waals surface area (Å²) in [5.74, 6) is -2.22. The summed E-state index contributed by atoms with van der Waals surface area (Å²) in [6, 6.07) is 3.57. The van der Waals surface area contributed by atoms with Crippen molar-refractivity contribution < 1.29 is 37.0 Å². The molecule has 2 aromatic rings. The van der Waals surface area contributed by atoms with Crippen LogP contribution in [0.5, 0.6) is 0 Å². The van der Waals surface area contributed by atoms with E-state index >= 15 is 0 Å². The summed E-state index contributed by atoms with van der Waals surface area (Å²) in [4.78, 5) is 36.3. The maximum absolute atomic E-state index is 12.6. The van der Waals surface area contributed by atoms with Crippen molar-refractivity contribution in [3.05, 3.63) is 51.4 Å². The summed E-state index contributed by atoms with van der Waals surface area (Å²) in [5.41, 5.74) is -0.705. The van der Waals surface area contributed by atoms with Crippen LogP contribution in [0.3, 0.4) is 0 Å². The molecule has 0 spiro atoms. The zero-order chi connectivity index (χ0) is 20.4. The largest absolute Gasteiger partial charge is 0.465 e. The second-order valence-electron chi connectivity index (χ2n) is 5.27. The van der Waals surface area contributed by atoms with E-state index in [1.54, 1.807) is 0 Å². The van der Waals surface area contributed by atoms with E-state index in [0.717, 1.165) is 42.7 Å². The van der Waals surface area contributed by atoms with Gasteiger partial charge in [0.15, 0.2) is 0 Å². The number of ether oxygens (including phenoxy) is 2. The molecule has 0 fully saturated rings. The molecule has 2 rings (SSSR count). The zero-order valence-electron chi connectivity index (χ0n) is 14.4. The first-order valence-corrected chi connectivity index (χ1v) is 8.20. The normalized spacial score (nSPS) is 11.0. The fourth-order valence-corrected chi connectivity index (χ4v) is 3.33. The second kappa shape index (κ2) is 7.78. The van der Waals surface area contributed by atoms with Gasteiger partial charge in [0.05, 0.1) is 25.3 Å². The highest BCUT2D eigenvalue weighted by Crippen LogP contribution is 2.35. The van der Waals surface area contributed by atoms with Gasteiger partial charge in [-0.05, 0) is 36.8 Å². The summed E-state index contributed by atoms with van der Waals surface area (Å²) < 4.78 is 47.1. The van der Waals surface area contributed by atoms with Crippen molar-refractivity contribution in [2.24, 2.45) is 0 Å². The third kappa shape index (κ3) is 4.27. The van der Waals surface area contributed by atoms with E-state index in [-0.39, 0.29) is 26.6 Å². The minimum Gasteiger partial charge on any atom is -0.465 e. The summed E-state index contributed by atoms with van der Waals surface area (Å²) in [7, 11) is 2.30. The van der Waals surface area contributed by atoms with Crippen molar-refractivity contribution in [1.29, 1.82) is 0 Å². The fourth-order valence-electron chi connectivity index (χ4n) is 2.22. The topological polar surface area (TPSA) is 81.7 Å². The number of methoxy groups -OCH3 is 2. The number of hydrogen-bond donors (Lipinski definition) is 1. The molecule has 0 radical (unpaired) electrons. The predicted molar refractivity (Wildman–Crippen MR) is 91.1 cm³/mol. The molecule has 0 aliphatic carbocycles. The maximum atomic E-state index is 12.6. The van der Waals surface area contributed by atoms with E-state index in [4.69, 9.17) is 0 Å². The summed E-state index contributed by atoms with van der Waals surface area (Å²) in [5, 5.41) is 2.46. The molecule has 1 N–H and O–H groups in total. The van der Waals surface area contributed by atoms with Gasteiger partial charge in [-0.2, -0.15) is 13.2 Å². The van der Waals surface area contributed by atoms with Crippen LogP contribution in [0.4, 0.5) is 18.2 Å². The second-order valence-corrected chi connectivity index (χ2v) is 6.29. The Morgan fingerprint density at radius 1 is 1.00 bits per heavy atom.